The van der Waals surface area contributed by atoms with Gasteiger partial charge in [0, 0.05) is 0 Å². The van der Waals surface area contributed by atoms with E-state index in [1.54, 1.807) is 0 Å². The molecule has 0 amide bonds. The summed E-state index contributed by atoms with van der Waals surface area (Å²) in [5.41, 5.74) is 11.2. The maximum atomic E-state index is 6.68. The summed E-state index contributed by atoms with van der Waals surface area (Å²) in [7, 11) is 0. The van der Waals surface area contributed by atoms with E-state index in [-0.39, 0.29) is 46.5 Å². The Labute approximate surface area is 337 Å². The van der Waals surface area contributed by atoms with Crippen molar-refractivity contribution >= 4 is 62.0 Å². The Hall–Kier alpha value is -1.73. The molecule has 0 nitrogen and oxygen atoms in total. The predicted molar refractivity (Wildman–Crippen MR) is 235 cm³/mol. The molecule has 0 N–H and O–H groups in total. The third kappa shape index (κ3) is 6.87. The molecule has 5 heteroatoms. The van der Waals surface area contributed by atoms with Gasteiger partial charge in [-0.05, 0) is 0 Å². The van der Waals surface area contributed by atoms with Crippen LogP contribution in [0.1, 0.15) is 123 Å². The molecular weight excluding hydrogens is 798 g/mol. The second kappa shape index (κ2) is 14.1. The monoisotopic (exact) mass is 852 g/mol. The van der Waals surface area contributed by atoms with Gasteiger partial charge >= 0.3 is 316 Å². The van der Waals surface area contributed by atoms with Crippen molar-refractivity contribution in [2.24, 2.45) is 0 Å². The van der Waals surface area contributed by atoms with Crippen LogP contribution in [-0.2, 0) is 46.4 Å². The van der Waals surface area contributed by atoms with Gasteiger partial charge in [0.25, 0.3) is 0 Å². The van der Waals surface area contributed by atoms with Crippen LogP contribution in [-0.4, -0.2) is 4.21 Å². The average Bonchev–Trinajstić information content (AvgIpc) is 3.67. The molecule has 0 saturated heterocycles. The molecule has 0 spiro atoms. The van der Waals surface area contributed by atoms with Crippen molar-refractivity contribution in [2.75, 3.05) is 0 Å². The Morgan fingerprint density at radius 2 is 1.02 bits per heavy atom. The van der Waals surface area contributed by atoms with E-state index in [0.29, 0.717) is 0 Å². The van der Waals surface area contributed by atoms with E-state index in [4.69, 9.17) is 27.4 Å². The summed E-state index contributed by atoms with van der Waals surface area (Å²) in [5.74, 6) is 0. The van der Waals surface area contributed by atoms with Crippen LogP contribution in [0.2, 0.25) is 10.0 Å². The summed E-state index contributed by atoms with van der Waals surface area (Å²) < 4.78 is 11.4. The number of hydrogen-bond donors (Lipinski definition) is 0. The first-order valence-electron chi connectivity index (χ1n) is 18.3. The minimum absolute atomic E-state index is 0. The molecule has 0 fully saturated rings. The third-order valence-corrected chi connectivity index (χ3v) is 28.4. The van der Waals surface area contributed by atoms with Crippen LogP contribution in [0.3, 0.4) is 0 Å². The summed E-state index contributed by atoms with van der Waals surface area (Å²) in [6.07, 6.45) is 8.76. The van der Waals surface area contributed by atoms with E-state index in [9.17, 15) is 0 Å². The van der Waals surface area contributed by atoms with Gasteiger partial charge in [-0.1, -0.05) is 0 Å². The van der Waals surface area contributed by atoms with E-state index in [1.807, 2.05) is 0 Å². The molecule has 0 heterocycles. The molecule has 0 saturated carbocycles. The van der Waals surface area contributed by atoms with Crippen LogP contribution in [0.4, 0.5) is 0 Å². The quantitative estimate of drug-likeness (QED) is 0.169. The van der Waals surface area contributed by atoms with Crippen LogP contribution >= 0.6 is 48.0 Å². The molecule has 2 aliphatic carbocycles. The van der Waals surface area contributed by atoms with Gasteiger partial charge in [-0.25, -0.2) is 0 Å². The summed E-state index contributed by atoms with van der Waals surface area (Å²) in [5, 5.41) is 1.49. The fourth-order valence-electron chi connectivity index (χ4n) is 9.08. The van der Waals surface area contributed by atoms with Crippen molar-refractivity contribution in [3.05, 3.63) is 132 Å². The second-order valence-electron chi connectivity index (χ2n) is 19.2. The molecule has 0 bridgehead atoms. The zero-order valence-corrected chi connectivity index (χ0v) is 38.9. The van der Waals surface area contributed by atoms with Gasteiger partial charge in [-0.15, -0.1) is 24.8 Å². The van der Waals surface area contributed by atoms with Gasteiger partial charge in [0.1, 0.15) is 0 Å². The molecule has 6 rings (SSSR count). The number of halogens is 4. The van der Waals surface area contributed by atoms with Crippen LogP contribution in [0.5, 0.6) is 0 Å². The first kappa shape index (κ1) is 43.0. The van der Waals surface area contributed by atoms with Crippen molar-refractivity contribution < 1.29 is 18.3 Å². The molecule has 278 valence electrons. The molecule has 0 radical (unpaired) electrons. The average molecular weight is 856 g/mol. The SMILES string of the molecule is Cl.Cl.[CH2]=[Zr]([C]1=CC=CC1)([c]1ccc(Cl)cc1)([c]1ccc(Cl)cc1)[c]1c2c(cc(C(C)(C)C)c1C(C)(C)C)-c1cc(C(C)(C)C)c(C(C)(C)C)cc1C2. The molecule has 0 unspecified atom stereocenters. The van der Waals surface area contributed by atoms with Gasteiger partial charge < -0.3 is 0 Å². The van der Waals surface area contributed by atoms with E-state index < -0.39 is 18.3 Å². The Balaban J connectivity index is 0.00000302. The Morgan fingerprint density at radius 3 is 1.42 bits per heavy atom. The molecule has 4 aromatic rings. The molecule has 2 aliphatic rings. The fourth-order valence-corrected chi connectivity index (χ4v) is 25.9. The zero-order valence-electron chi connectivity index (χ0n) is 33.3. The van der Waals surface area contributed by atoms with Crippen LogP contribution in [0, 0.1) is 0 Å². The van der Waals surface area contributed by atoms with E-state index in [2.05, 4.69) is 168 Å². The first-order valence-corrected chi connectivity index (χ1v) is 25.7. The van der Waals surface area contributed by atoms with E-state index in [0.717, 1.165) is 22.9 Å². The molecule has 0 aliphatic heterocycles. The van der Waals surface area contributed by atoms with Gasteiger partial charge in [-0.2, -0.15) is 0 Å². The summed E-state index contributed by atoms with van der Waals surface area (Å²) in [6, 6.07) is 25.2. The maximum absolute atomic E-state index is 6.68. The van der Waals surface area contributed by atoms with Crippen molar-refractivity contribution in [1.82, 2.24) is 0 Å². The second-order valence-corrected chi connectivity index (χ2v) is 32.9. The molecule has 0 atom stereocenters. The summed E-state index contributed by atoms with van der Waals surface area (Å²) in [6.45, 7) is 28.6. The molecule has 52 heavy (non-hydrogen) atoms. The van der Waals surface area contributed by atoms with E-state index in [1.165, 1.54) is 57.6 Å². The number of fused-ring (bicyclic) bond motifs is 3. The summed E-state index contributed by atoms with van der Waals surface area (Å²) >= 11 is 8.24. The van der Waals surface area contributed by atoms with Gasteiger partial charge in [0.05, 0.1) is 0 Å². The number of hydrogen-bond acceptors (Lipinski definition) is 0. The Morgan fingerprint density at radius 1 is 0.577 bits per heavy atom. The van der Waals surface area contributed by atoms with Crippen molar-refractivity contribution in [3.63, 3.8) is 0 Å². The third-order valence-electron chi connectivity index (χ3n) is 11.5. The number of benzene rings is 4. The normalized spacial score (nSPS) is 14.7. The van der Waals surface area contributed by atoms with Crippen molar-refractivity contribution in [3.8, 4) is 11.1 Å². The number of rotatable bonds is 4. The van der Waals surface area contributed by atoms with Gasteiger partial charge in [0.15, 0.2) is 0 Å². The number of allylic oxidation sites excluding steroid dienone is 4. The molecular formula is C47H58Cl4Zr. The Bertz CT molecular complexity index is 2090. The zero-order chi connectivity index (χ0) is 36.8. The van der Waals surface area contributed by atoms with Crippen LogP contribution in [0.25, 0.3) is 11.1 Å². The van der Waals surface area contributed by atoms with Crippen molar-refractivity contribution in [1.29, 1.82) is 0 Å². The topological polar surface area (TPSA) is 0 Å². The van der Waals surface area contributed by atoms with E-state index >= 15 is 0 Å². The standard InChI is InChI=1S/C29H41.2C6H4Cl.C5H5.CH2.2ClH.Zr/c1-26(2,3)22-14-18-13-19-15-23(27(4,5)6)25(29(10,11)12)17-21(19)20(18)16-24(22)28(7,8)9;2*7-6-4-2-1-3-5-6;1-2-4-5-3-1;;;;/h14,16-17H,13H2,1-12H3;2*2-5H;1-3H,4H2;1H2;2*1H;. The molecule has 4 aromatic carbocycles. The van der Waals surface area contributed by atoms with Crippen molar-refractivity contribution in [2.45, 2.75) is 118 Å². The summed E-state index contributed by atoms with van der Waals surface area (Å²) in [4.78, 5) is 0. The minimum atomic E-state index is -5.13. The van der Waals surface area contributed by atoms with Gasteiger partial charge in [-0.3, -0.25) is 0 Å². The van der Waals surface area contributed by atoms with Gasteiger partial charge in [0.2, 0.25) is 0 Å². The fraction of sp³-hybridized carbons (Fsp3) is 0.383. The molecule has 0 aromatic heterocycles. The predicted octanol–water partition coefficient (Wildman–Crippen LogP) is 12.8. The first-order chi connectivity index (χ1) is 23.0. The Kier molecular flexibility index (Phi) is 11.7. The van der Waals surface area contributed by atoms with Crippen LogP contribution in [0.15, 0.2) is 88.2 Å². The van der Waals surface area contributed by atoms with Crippen LogP contribution < -0.4 is 9.81 Å².